The van der Waals surface area contributed by atoms with Crippen molar-refractivity contribution >= 4 is 29.2 Å². The van der Waals surface area contributed by atoms with Gasteiger partial charge in [0.2, 0.25) is 0 Å². The molecule has 1 heterocycles. The van der Waals surface area contributed by atoms with E-state index in [0.717, 1.165) is 0 Å². The van der Waals surface area contributed by atoms with Gasteiger partial charge in [-0.1, -0.05) is 23.7 Å². The molecule has 0 saturated heterocycles. The number of ether oxygens (including phenoxy) is 1. The monoisotopic (exact) mass is 396 g/mol. The zero-order valence-electron chi connectivity index (χ0n) is 13.6. The molecule has 0 unspecified atom stereocenters. The Morgan fingerprint density at radius 2 is 2.11 bits per heavy atom. The maximum absolute atomic E-state index is 12.7. The summed E-state index contributed by atoms with van der Waals surface area (Å²) in [5.41, 5.74) is -0.611. The van der Waals surface area contributed by atoms with Crippen LogP contribution in [0, 0.1) is 11.3 Å². The second-order valence-corrected chi connectivity index (χ2v) is 5.69. The van der Waals surface area contributed by atoms with Crippen molar-refractivity contribution in [2.45, 2.75) is 12.6 Å². The number of alkyl halides is 3. The quantitative estimate of drug-likeness (QED) is 0.717. The van der Waals surface area contributed by atoms with Crippen molar-refractivity contribution in [3.05, 3.63) is 58.4 Å². The number of allylic oxidation sites excluding steroid dienone is 1. The molecule has 2 rings (SSSR count). The third-order valence-electron chi connectivity index (χ3n) is 3.30. The van der Waals surface area contributed by atoms with E-state index in [0.29, 0.717) is 23.6 Å². The minimum absolute atomic E-state index is 0.0279. The van der Waals surface area contributed by atoms with E-state index in [1.807, 2.05) is 6.07 Å². The molecule has 0 aliphatic heterocycles. The Kier molecular flexibility index (Phi) is 6.42. The highest BCUT2D eigenvalue weighted by Gasteiger charge is 2.31. The normalized spacial score (nSPS) is 11.7. The zero-order chi connectivity index (χ0) is 20.0. The maximum atomic E-state index is 12.7. The Morgan fingerprint density at radius 3 is 2.70 bits per heavy atom. The lowest BCUT2D eigenvalue weighted by atomic mass is 10.1. The van der Waals surface area contributed by atoms with Crippen LogP contribution >= 0.6 is 11.6 Å². The average Bonchev–Trinajstić information content (AvgIpc) is 2.59. The molecule has 0 radical (unpaired) electrons. The van der Waals surface area contributed by atoms with Crippen molar-refractivity contribution in [1.29, 1.82) is 5.26 Å². The van der Waals surface area contributed by atoms with Gasteiger partial charge in [0.1, 0.15) is 11.8 Å². The average molecular weight is 397 g/mol. The Balaban J connectivity index is 2.29. The number of rotatable bonds is 6. The number of hydrogen-bond acceptors (Lipinski definition) is 4. The van der Waals surface area contributed by atoms with Crippen LogP contribution in [0.4, 0.5) is 13.2 Å². The van der Waals surface area contributed by atoms with Crippen molar-refractivity contribution in [2.75, 3.05) is 6.61 Å². The van der Waals surface area contributed by atoms with Crippen LogP contribution in [0.1, 0.15) is 23.2 Å². The number of aliphatic carboxylic acids is 1. The number of pyridine rings is 1. The number of aromatic nitrogens is 1. The van der Waals surface area contributed by atoms with Crippen molar-refractivity contribution < 1.29 is 27.8 Å². The molecule has 0 aliphatic carbocycles. The first-order valence-electron chi connectivity index (χ1n) is 7.50. The molecule has 0 amide bonds. The number of carboxylic acid groups (broad SMARTS) is 1. The van der Waals surface area contributed by atoms with Gasteiger partial charge in [0.05, 0.1) is 34.9 Å². The number of carbonyl (C=O) groups is 1. The minimum atomic E-state index is -4.59. The molecule has 1 aromatic heterocycles. The first-order valence-corrected chi connectivity index (χ1v) is 7.88. The van der Waals surface area contributed by atoms with Gasteiger partial charge in [-0.25, -0.2) is 0 Å². The van der Waals surface area contributed by atoms with Gasteiger partial charge < -0.3 is 9.84 Å². The highest BCUT2D eigenvalue weighted by molar-refractivity contribution is 6.32. The fourth-order valence-corrected chi connectivity index (χ4v) is 2.33. The van der Waals surface area contributed by atoms with Gasteiger partial charge in [0, 0.05) is 6.20 Å². The molecule has 5 nitrogen and oxygen atoms in total. The third kappa shape index (κ3) is 5.72. The highest BCUT2D eigenvalue weighted by Crippen LogP contribution is 2.33. The first kappa shape index (κ1) is 20.3. The summed E-state index contributed by atoms with van der Waals surface area (Å²) in [5, 5.41) is 17.6. The van der Waals surface area contributed by atoms with Crippen LogP contribution in [0.15, 0.2) is 36.5 Å². The molecule has 1 N–H and O–H groups in total. The predicted molar refractivity (Wildman–Crippen MR) is 91.9 cm³/mol. The summed E-state index contributed by atoms with van der Waals surface area (Å²) in [6.07, 6.45) is -2.76. The highest BCUT2D eigenvalue weighted by atomic mass is 35.5. The Bertz CT molecular complexity index is 921. The number of benzene rings is 1. The van der Waals surface area contributed by atoms with Gasteiger partial charge in [0.15, 0.2) is 0 Å². The molecular formula is C18H12ClF3N2O3. The van der Waals surface area contributed by atoms with Gasteiger partial charge in [-0.05, 0) is 29.8 Å². The van der Waals surface area contributed by atoms with Crippen molar-refractivity contribution in [3.63, 3.8) is 0 Å². The van der Waals surface area contributed by atoms with Crippen LogP contribution in [-0.2, 0) is 11.0 Å². The van der Waals surface area contributed by atoms with E-state index in [1.165, 1.54) is 6.08 Å². The Hall–Kier alpha value is -3.05. The molecule has 0 spiro atoms. The lowest BCUT2D eigenvalue weighted by Gasteiger charge is -2.09. The maximum Gasteiger partial charge on any atom is 0.417 e. The largest absolute Gasteiger partial charge is 0.493 e. The van der Waals surface area contributed by atoms with Crippen molar-refractivity contribution in [1.82, 2.24) is 4.98 Å². The fraction of sp³-hybridized carbons (Fsp3) is 0.167. The SMILES string of the molecule is N#CC(=Cc1cccc(OCCC(=O)O)c1)c1ncc(C(F)(F)F)cc1Cl. The Morgan fingerprint density at radius 1 is 1.37 bits per heavy atom. The smallest absolute Gasteiger partial charge is 0.417 e. The number of hydrogen-bond donors (Lipinski definition) is 1. The van der Waals surface area contributed by atoms with E-state index >= 15 is 0 Å². The van der Waals surface area contributed by atoms with Gasteiger partial charge in [-0.3, -0.25) is 9.78 Å². The molecule has 0 fully saturated rings. The van der Waals surface area contributed by atoms with E-state index < -0.39 is 17.7 Å². The van der Waals surface area contributed by atoms with Crippen LogP contribution in [0.3, 0.4) is 0 Å². The number of nitrogens with zero attached hydrogens (tertiary/aromatic N) is 2. The van der Waals surface area contributed by atoms with E-state index in [9.17, 15) is 23.2 Å². The van der Waals surface area contributed by atoms with Gasteiger partial charge in [-0.15, -0.1) is 0 Å². The van der Waals surface area contributed by atoms with Crippen LogP contribution in [0.2, 0.25) is 5.02 Å². The molecule has 140 valence electrons. The second-order valence-electron chi connectivity index (χ2n) is 5.29. The number of carboxylic acids is 1. The molecule has 0 bridgehead atoms. The molecule has 1 aromatic carbocycles. The van der Waals surface area contributed by atoms with Crippen LogP contribution in [0.5, 0.6) is 5.75 Å². The van der Waals surface area contributed by atoms with Crippen molar-refractivity contribution in [3.8, 4) is 11.8 Å². The fourth-order valence-electron chi connectivity index (χ4n) is 2.06. The van der Waals surface area contributed by atoms with Gasteiger partial charge in [-0.2, -0.15) is 18.4 Å². The standard InChI is InChI=1S/C18H12ClF3N2O3/c19-15-8-13(18(20,21)22)10-24-17(15)12(9-23)6-11-2-1-3-14(7-11)27-5-4-16(25)26/h1-3,6-8,10H,4-5H2,(H,25,26). The molecule has 27 heavy (non-hydrogen) atoms. The molecule has 9 heteroatoms. The third-order valence-corrected chi connectivity index (χ3v) is 3.59. The summed E-state index contributed by atoms with van der Waals surface area (Å²) in [6, 6.07) is 8.99. The van der Waals surface area contributed by atoms with Gasteiger partial charge in [0.25, 0.3) is 0 Å². The lowest BCUT2D eigenvalue weighted by Crippen LogP contribution is -2.06. The second kappa shape index (κ2) is 8.56. The Labute approximate surface area is 157 Å². The lowest BCUT2D eigenvalue weighted by molar-refractivity contribution is -0.138. The number of halogens is 4. The summed E-state index contributed by atoms with van der Waals surface area (Å²) < 4.78 is 43.4. The van der Waals surface area contributed by atoms with E-state index in [2.05, 4.69) is 4.98 Å². The van der Waals surface area contributed by atoms with E-state index in [-0.39, 0.29) is 29.3 Å². The van der Waals surface area contributed by atoms with Crippen LogP contribution in [0.25, 0.3) is 11.6 Å². The van der Waals surface area contributed by atoms with Crippen LogP contribution < -0.4 is 4.74 Å². The van der Waals surface area contributed by atoms with E-state index in [4.69, 9.17) is 21.4 Å². The van der Waals surface area contributed by atoms with Crippen LogP contribution in [-0.4, -0.2) is 22.7 Å². The van der Waals surface area contributed by atoms with E-state index in [1.54, 1.807) is 24.3 Å². The summed E-state index contributed by atoms with van der Waals surface area (Å²) in [6.45, 7) is -0.0279. The minimum Gasteiger partial charge on any atom is -0.493 e. The zero-order valence-corrected chi connectivity index (χ0v) is 14.4. The van der Waals surface area contributed by atoms with Crippen molar-refractivity contribution in [2.24, 2.45) is 0 Å². The molecule has 0 saturated carbocycles. The number of nitriles is 1. The predicted octanol–water partition coefficient (Wildman–Crippen LogP) is 4.67. The molecule has 2 aromatic rings. The molecular weight excluding hydrogens is 385 g/mol. The molecule has 0 aliphatic rings. The summed E-state index contributed by atoms with van der Waals surface area (Å²) in [5.74, 6) is -0.616. The summed E-state index contributed by atoms with van der Waals surface area (Å²) >= 11 is 5.87. The first-order chi connectivity index (χ1) is 12.7. The summed E-state index contributed by atoms with van der Waals surface area (Å²) in [7, 11) is 0. The summed E-state index contributed by atoms with van der Waals surface area (Å²) in [4.78, 5) is 14.2. The molecule has 0 atom stereocenters. The topological polar surface area (TPSA) is 83.2 Å². The van der Waals surface area contributed by atoms with Gasteiger partial charge >= 0.3 is 12.1 Å².